The number of rotatable bonds is 0. The van der Waals surface area contributed by atoms with Crippen molar-refractivity contribution < 1.29 is 0 Å². The van der Waals surface area contributed by atoms with E-state index >= 15 is 0 Å². The Morgan fingerprint density at radius 2 is 2.09 bits per heavy atom. The van der Waals surface area contributed by atoms with E-state index < -0.39 is 0 Å². The van der Waals surface area contributed by atoms with E-state index in [9.17, 15) is 0 Å². The van der Waals surface area contributed by atoms with Crippen molar-refractivity contribution in [1.82, 2.24) is 0 Å². The van der Waals surface area contributed by atoms with Gasteiger partial charge in [0.15, 0.2) is 0 Å². The first kappa shape index (κ1) is 7.15. The average molecular weight is 209 g/mol. The van der Waals surface area contributed by atoms with Crippen molar-refractivity contribution in [3.05, 3.63) is 40.4 Å². The van der Waals surface area contributed by atoms with Gasteiger partial charge in [-0.1, -0.05) is 0 Å². The molecule has 1 aromatic rings. The van der Waals surface area contributed by atoms with Gasteiger partial charge >= 0.3 is 73.1 Å². The van der Waals surface area contributed by atoms with Gasteiger partial charge in [0.25, 0.3) is 0 Å². The van der Waals surface area contributed by atoms with E-state index in [-0.39, 0.29) is 0 Å². The fraction of sp³-hybridized carbons (Fsp3) is 0.200. The van der Waals surface area contributed by atoms with Gasteiger partial charge in [0.2, 0.25) is 0 Å². The summed E-state index contributed by atoms with van der Waals surface area (Å²) < 4.78 is 0. The molecule has 0 aliphatic carbocycles. The molecule has 1 aromatic carbocycles. The Kier molecular flexibility index (Phi) is 1.85. The number of benzene rings is 1. The Labute approximate surface area is 73.5 Å². The van der Waals surface area contributed by atoms with Crippen LogP contribution in [0.25, 0.3) is 6.08 Å². The third-order valence-electron chi connectivity index (χ3n) is 1.96. The summed E-state index contributed by atoms with van der Waals surface area (Å²) in [7, 11) is 0. The van der Waals surface area contributed by atoms with E-state index in [0.717, 1.165) is 4.82 Å². The SMILES string of the molecule is CC1[Se]C=Cc2ccccc21. The summed E-state index contributed by atoms with van der Waals surface area (Å²) in [6.45, 7) is 2.31. The van der Waals surface area contributed by atoms with Crippen molar-refractivity contribution in [3.63, 3.8) is 0 Å². The molecule has 0 nitrogen and oxygen atoms in total. The second-order valence-corrected chi connectivity index (χ2v) is 5.34. The monoisotopic (exact) mass is 210 g/mol. The summed E-state index contributed by atoms with van der Waals surface area (Å²) in [6.07, 6.45) is 2.25. The van der Waals surface area contributed by atoms with Gasteiger partial charge in [-0.3, -0.25) is 0 Å². The van der Waals surface area contributed by atoms with Crippen LogP contribution in [-0.2, 0) is 0 Å². The van der Waals surface area contributed by atoms with Crippen molar-refractivity contribution in [2.24, 2.45) is 0 Å². The van der Waals surface area contributed by atoms with Crippen molar-refractivity contribution in [2.75, 3.05) is 0 Å². The van der Waals surface area contributed by atoms with E-state index in [0.29, 0.717) is 15.0 Å². The summed E-state index contributed by atoms with van der Waals surface area (Å²) >= 11 is 0.675. The first-order valence-corrected chi connectivity index (χ1v) is 5.76. The van der Waals surface area contributed by atoms with Crippen molar-refractivity contribution in [1.29, 1.82) is 0 Å². The topological polar surface area (TPSA) is 0 Å². The Balaban J connectivity index is 2.54. The first-order chi connectivity index (χ1) is 5.38. The van der Waals surface area contributed by atoms with Crippen LogP contribution >= 0.6 is 0 Å². The van der Waals surface area contributed by atoms with Crippen molar-refractivity contribution in [3.8, 4) is 0 Å². The summed E-state index contributed by atoms with van der Waals surface area (Å²) in [5.41, 5.74) is 2.93. The van der Waals surface area contributed by atoms with Crippen molar-refractivity contribution >= 4 is 21.0 Å². The van der Waals surface area contributed by atoms with Gasteiger partial charge in [-0.25, -0.2) is 0 Å². The fourth-order valence-electron chi connectivity index (χ4n) is 1.34. The zero-order valence-electron chi connectivity index (χ0n) is 6.45. The summed E-state index contributed by atoms with van der Waals surface area (Å²) in [5.74, 6) is 0. The van der Waals surface area contributed by atoms with Gasteiger partial charge in [0, 0.05) is 0 Å². The molecule has 56 valence electrons. The molecule has 1 atom stereocenters. The van der Waals surface area contributed by atoms with E-state index in [1.807, 2.05) is 0 Å². The van der Waals surface area contributed by atoms with Gasteiger partial charge < -0.3 is 0 Å². The zero-order chi connectivity index (χ0) is 7.68. The fourth-order valence-corrected chi connectivity index (χ4v) is 3.06. The third-order valence-corrected chi connectivity index (χ3v) is 3.97. The Morgan fingerprint density at radius 3 is 2.91 bits per heavy atom. The van der Waals surface area contributed by atoms with Crippen LogP contribution in [0.3, 0.4) is 0 Å². The Hall–Kier alpha value is -0.521. The van der Waals surface area contributed by atoms with Gasteiger partial charge in [0.1, 0.15) is 0 Å². The van der Waals surface area contributed by atoms with Crippen molar-refractivity contribution in [2.45, 2.75) is 11.7 Å². The predicted molar refractivity (Wildman–Crippen MR) is 49.6 cm³/mol. The van der Waals surface area contributed by atoms with Crippen LogP contribution < -0.4 is 0 Å². The van der Waals surface area contributed by atoms with Gasteiger partial charge in [-0.2, -0.15) is 0 Å². The molecular formula is C10H10Se. The molecule has 0 radical (unpaired) electrons. The molecule has 0 N–H and O–H groups in total. The standard InChI is InChI=1S/C10H10Se/c1-8-10-5-3-2-4-9(10)6-7-11-8/h2-8H,1H3. The van der Waals surface area contributed by atoms with Crippen LogP contribution in [0.15, 0.2) is 29.2 Å². The normalized spacial score (nSPS) is 21.4. The molecule has 1 heteroatoms. The molecule has 0 spiro atoms. The molecule has 0 bridgehead atoms. The molecule has 1 aliphatic rings. The van der Waals surface area contributed by atoms with Crippen LogP contribution in [0.2, 0.25) is 0 Å². The zero-order valence-corrected chi connectivity index (χ0v) is 8.16. The summed E-state index contributed by atoms with van der Waals surface area (Å²) in [5, 5.41) is 0. The molecule has 2 rings (SSSR count). The Morgan fingerprint density at radius 1 is 1.27 bits per heavy atom. The molecule has 1 unspecified atom stereocenters. The molecule has 1 aliphatic heterocycles. The van der Waals surface area contributed by atoms with E-state index in [4.69, 9.17) is 0 Å². The second kappa shape index (κ2) is 2.84. The molecular weight excluding hydrogens is 199 g/mol. The number of hydrogen-bond donors (Lipinski definition) is 0. The molecule has 0 fully saturated rings. The number of fused-ring (bicyclic) bond motifs is 1. The van der Waals surface area contributed by atoms with Gasteiger partial charge in [-0.15, -0.1) is 0 Å². The minimum atomic E-state index is 0.675. The molecule has 0 amide bonds. The third kappa shape index (κ3) is 1.26. The van der Waals surface area contributed by atoms with Crippen LogP contribution in [0.5, 0.6) is 0 Å². The maximum atomic E-state index is 2.32. The van der Waals surface area contributed by atoms with Crippen LogP contribution in [-0.4, -0.2) is 15.0 Å². The van der Waals surface area contributed by atoms with Crippen LogP contribution in [0, 0.1) is 0 Å². The maximum absolute atomic E-state index is 2.32. The van der Waals surface area contributed by atoms with Crippen LogP contribution in [0.4, 0.5) is 0 Å². The molecule has 0 aromatic heterocycles. The molecule has 0 saturated heterocycles. The summed E-state index contributed by atoms with van der Waals surface area (Å²) in [4.78, 5) is 3.09. The van der Waals surface area contributed by atoms with E-state index in [1.165, 1.54) is 11.1 Å². The minimum absolute atomic E-state index is 0.675. The first-order valence-electron chi connectivity index (χ1n) is 3.79. The van der Waals surface area contributed by atoms with E-state index in [2.05, 4.69) is 42.2 Å². The molecule has 0 saturated carbocycles. The molecule has 11 heavy (non-hydrogen) atoms. The number of hydrogen-bond acceptors (Lipinski definition) is 0. The second-order valence-electron chi connectivity index (χ2n) is 2.71. The quantitative estimate of drug-likeness (QED) is 0.575. The average Bonchev–Trinajstić information content (AvgIpc) is 2.06. The Bertz CT molecular complexity index is 289. The molecule has 1 heterocycles. The van der Waals surface area contributed by atoms with Gasteiger partial charge in [-0.05, 0) is 0 Å². The summed E-state index contributed by atoms with van der Waals surface area (Å²) in [6, 6.07) is 8.67. The predicted octanol–water partition coefficient (Wildman–Crippen LogP) is 2.44. The van der Waals surface area contributed by atoms with Crippen LogP contribution in [0.1, 0.15) is 22.9 Å². The van der Waals surface area contributed by atoms with E-state index in [1.54, 1.807) is 0 Å². The van der Waals surface area contributed by atoms with Gasteiger partial charge in [0.05, 0.1) is 0 Å².